The minimum Gasteiger partial charge on any atom is -0.495 e. The van der Waals surface area contributed by atoms with Crippen LogP contribution in [0.3, 0.4) is 0 Å². The van der Waals surface area contributed by atoms with Crippen LogP contribution in [0.5, 0.6) is 0 Å². The monoisotopic (exact) mass is 211 g/mol. The number of allylic oxidation sites excluding steroid dienone is 1. The van der Waals surface area contributed by atoms with Gasteiger partial charge in [-0.1, -0.05) is 6.92 Å². The fourth-order valence-electron chi connectivity index (χ4n) is 2.37. The summed E-state index contributed by atoms with van der Waals surface area (Å²) in [5, 5.41) is 10.5. The Kier molecular flexibility index (Phi) is 3.32. The maximum atomic E-state index is 10.5. The molecule has 0 saturated carbocycles. The molecule has 3 heteroatoms. The summed E-state index contributed by atoms with van der Waals surface area (Å²) in [6, 6.07) is 0. The van der Waals surface area contributed by atoms with Crippen LogP contribution in [0.15, 0.2) is 11.8 Å². The Balaban J connectivity index is 1.98. The number of hydrogen-bond donors (Lipinski definition) is 1. The molecule has 1 saturated heterocycles. The molecule has 1 N–H and O–H groups in total. The molecule has 0 unspecified atom stereocenters. The molecule has 0 spiro atoms. The molecule has 0 aromatic heterocycles. The van der Waals surface area contributed by atoms with Crippen LogP contribution in [0.2, 0.25) is 0 Å². The molecule has 0 radical (unpaired) electrons. The van der Waals surface area contributed by atoms with Gasteiger partial charge in [-0.25, -0.2) is 0 Å². The summed E-state index contributed by atoms with van der Waals surface area (Å²) < 4.78 is 5.58. The molecule has 2 aliphatic rings. The summed E-state index contributed by atoms with van der Waals surface area (Å²) in [7, 11) is 0. The molecule has 0 aromatic carbocycles. The summed E-state index contributed by atoms with van der Waals surface area (Å²) in [4.78, 5) is 2.37. The molecule has 2 aliphatic heterocycles. The fraction of sp³-hybridized carbons (Fsp3) is 0.833. The number of rotatable bonds is 2. The van der Waals surface area contributed by atoms with Crippen LogP contribution in [-0.4, -0.2) is 41.8 Å². The molecule has 1 fully saturated rings. The Bertz CT molecular complexity index is 242. The molecule has 15 heavy (non-hydrogen) atoms. The fourth-order valence-corrected chi connectivity index (χ4v) is 2.37. The zero-order chi connectivity index (χ0) is 10.7. The van der Waals surface area contributed by atoms with Gasteiger partial charge < -0.3 is 14.7 Å². The molecule has 0 atom stereocenters. The van der Waals surface area contributed by atoms with Crippen molar-refractivity contribution in [2.75, 3.05) is 26.2 Å². The van der Waals surface area contributed by atoms with E-state index in [-0.39, 0.29) is 0 Å². The molecule has 0 aliphatic carbocycles. The van der Waals surface area contributed by atoms with Crippen LogP contribution in [0.25, 0.3) is 0 Å². The number of nitrogens with zero attached hydrogens (tertiary/aromatic N) is 1. The third kappa shape index (κ3) is 2.34. The van der Waals surface area contributed by atoms with E-state index < -0.39 is 5.60 Å². The summed E-state index contributed by atoms with van der Waals surface area (Å²) in [6.45, 7) is 5.98. The van der Waals surface area contributed by atoms with Crippen molar-refractivity contribution in [1.82, 2.24) is 4.90 Å². The van der Waals surface area contributed by atoms with Crippen molar-refractivity contribution < 1.29 is 9.84 Å². The number of likely N-dealkylation sites (tertiary alicyclic amines) is 1. The van der Waals surface area contributed by atoms with E-state index in [2.05, 4.69) is 17.9 Å². The Labute approximate surface area is 91.7 Å². The second-order valence-corrected chi connectivity index (χ2v) is 4.52. The van der Waals surface area contributed by atoms with Gasteiger partial charge in [-0.05, 0) is 38.3 Å². The summed E-state index contributed by atoms with van der Waals surface area (Å²) in [5.41, 5.74) is -0.675. The van der Waals surface area contributed by atoms with Crippen LogP contribution in [0.4, 0.5) is 0 Å². The number of hydrogen-bond acceptors (Lipinski definition) is 3. The highest BCUT2D eigenvalue weighted by molar-refractivity contribution is 5.13. The van der Waals surface area contributed by atoms with E-state index in [0.29, 0.717) is 0 Å². The minimum absolute atomic E-state index is 0.675. The predicted octanol–water partition coefficient (Wildman–Crippen LogP) is 1.53. The molecule has 2 heterocycles. The van der Waals surface area contributed by atoms with Gasteiger partial charge in [-0.15, -0.1) is 0 Å². The Morgan fingerprint density at radius 1 is 1.47 bits per heavy atom. The van der Waals surface area contributed by atoms with Crippen LogP contribution in [0, 0.1) is 0 Å². The Morgan fingerprint density at radius 2 is 2.20 bits per heavy atom. The molecular weight excluding hydrogens is 190 g/mol. The van der Waals surface area contributed by atoms with Crippen molar-refractivity contribution in [3.63, 3.8) is 0 Å². The normalized spacial score (nSPS) is 26.9. The van der Waals surface area contributed by atoms with E-state index in [4.69, 9.17) is 4.74 Å². The van der Waals surface area contributed by atoms with Crippen molar-refractivity contribution in [2.24, 2.45) is 0 Å². The number of ether oxygens (including phenoxy) is 1. The topological polar surface area (TPSA) is 32.7 Å². The quantitative estimate of drug-likeness (QED) is 0.752. The smallest absolute Gasteiger partial charge is 0.124 e. The van der Waals surface area contributed by atoms with Gasteiger partial charge >= 0.3 is 0 Å². The van der Waals surface area contributed by atoms with Gasteiger partial charge in [0, 0.05) is 13.1 Å². The van der Waals surface area contributed by atoms with Crippen LogP contribution in [-0.2, 0) is 4.74 Å². The second kappa shape index (κ2) is 4.54. The van der Waals surface area contributed by atoms with E-state index in [1.165, 1.54) is 0 Å². The first-order valence-electron chi connectivity index (χ1n) is 6.03. The molecule has 2 rings (SSSR count). The van der Waals surface area contributed by atoms with Gasteiger partial charge in [0.1, 0.15) is 11.4 Å². The zero-order valence-corrected chi connectivity index (χ0v) is 9.54. The van der Waals surface area contributed by atoms with Gasteiger partial charge in [-0.3, -0.25) is 0 Å². The van der Waals surface area contributed by atoms with E-state index in [0.717, 1.165) is 57.7 Å². The summed E-state index contributed by atoms with van der Waals surface area (Å²) >= 11 is 0. The van der Waals surface area contributed by atoms with E-state index >= 15 is 0 Å². The van der Waals surface area contributed by atoms with Gasteiger partial charge in [0.05, 0.1) is 6.61 Å². The molecule has 0 aromatic rings. The van der Waals surface area contributed by atoms with Crippen LogP contribution >= 0.6 is 0 Å². The third-order valence-corrected chi connectivity index (χ3v) is 3.52. The SMILES string of the molecule is CCN1CCC(O)(C2=CCCCO2)CC1. The van der Waals surface area contributed by atoms with E-state index in [9.17, 15) is 5.11 Å². The maximum Gasteiger partial charge on any atom is 0.124 e. The first-order valence-corrected chi connectivity index (χ1v) is 6.03. The van der Waals surface area contributed by atoms with Crippen molar-refractivity contribution in [1.29, 1.82) is 0 Å². The van der Waals surface area contributed by atoms with E-state index in [1.807, 2.05) is 0 Å². The van der Waals surface area contributed by atoms with Gasteiger partial charge in [0.25, 0.3) is 0 Å². The molecule has 3 nitrogen and oxygen atoms in total. The molecule has 0 bridgehead atoms. The molecule has 0 amide bonds. The largest absolute Gasteiger partial charge is 0.495 e. The lowest BCUT2D eigenvalue weighted by Gasteiger charge is -2.39. The van der Waals surface area contributed by atoms with Gasteiger partial charge in [0.15, 0.2) is 0 Å². The van der Waals surface area contributed by atoms with E-state index in [1.54, 1.807) is 0 Å². The minimum atomic E-state index is -0.675. The molecule has 86 valence electrons. The lowest BCUT2D eigenvalue weighted by molar-refractivity contribution is -0.0390. The lowest BCUT2D eigenvalue weighted by Crippen LogP contribution is -2.46. The second-order valence-electron chi connectivity index (χ2n) is 4.52. The first kappa shape index (κ1) is 11.0. The van der Waals surface area contributed by atoms with Gasteiger partial charge in [0.2, 0.25) is 0 Å². The van der Waals surface area contributed by atoms with Crippen molar-refractivity contribution in [3.05, 3.63) is 11.8 Å². The summed E-state index contributed by atoms with van der Waals surface area (Å²) in [6.07, 6.45) is 5.83. The summed E-state index contributed by atoms with van der Waals surface area (Å²) in [5.74, 6) is 0.838. The average Bonchev–Trinajstić information content (AvgIpc) is 2.31. The zero-order valence-electron chi connectivity index (χ0n) is 9.54. The van der Waals surface area contributed by atoms with Crippen molar-refractivity contribution >= 4 is 0 Å². The Hall–Kier alpha value is -0.540. The highest BCUT2D eigenvalue weighted by atomic mass is 16.5. The third-order valence-electron chi connectivity index (χ3n) is 3.52. The highest BCUT2D eigenvalue weighted by Gasteiger charge is 2.37. The number of aliphatic hydroxyl groups is 1. The predicted molar refractivity (Wildman–Crippen MR) is 59.6 cm³/mol. The highest BCUT2D eigenvalue weighted by Crippen LogP contribution is 2.32. The van der Waals surface area contributed by atoms with Gasteiger partial charge in [-0.2, -0.15) is 0 Å². The number of piperidine rings is 1. The van der Waals surface area contributed by atoms with Crippen molar-refractivity contribution in [2.45, 2.75) is 38.2 Å². The standard InChI is InChI=1S/C12H21NO2/c1-2-13-8-6-12(14,7-9-13)11-5-3-4-10-15-11/h5,14H,2-4,6-10H2,1H3. The average molecular weight is 211 g/mol. The maximum absolute atomic E-state index is 10.5. The molecular formula is C12H21NO2. The van der Waals surface area contributed by atoms with Crippen molar-refractivity contribution in [3.8, 4) is 0 Å². The Morgan fingerprint density at radius 3 is 2.73 bits per heavy atom. The first-order chi connectivity index (χ1) is 7.24. The van der Waals surface area contributed by atoms with Crippen LogP contribution < -0.4 is 0 Å². The lowest BCUT2D eigenvalue weighted by atomic mass is 9.88. The van der Waals surface area contributed by atoms with Crippen LogP contribution in [0.1, 0.15) is 32.6 Å².